The van der Waals surface area contributed by atoms with Gasteiger partial charge in [0.25, 0.3) is 0 Å². The summed E-state index contributed by atoms with van der Waals surface area (Å²) in [6.45, 7) is 0. The number of nitrogens with one attached hydrogen (secondary N) is 1. The Hall–Kier alpha value is -0.780. The maximum absolute atomic E-state index is 11.1. The minimum absolute atomic E-state index is 0.0863. The van der Waals surface area contributed by atoms with Crippen LogP contribution in [0.2, 0.25) is 0 Å². The first-order valence-corrected chi connectivity index (χ1v) is 5.30. The summed E-state index contributed by atoms with van der Waals surface area (Å²) in [5, 5.41) is 1.89. The van der Waals surface area contributed by atoms with Crippen LogP contribution < -0.4 is 10.4 Å². The Balaban J connectivity index is 2.23. The highest BCUT2D eigenvalue weighted by Gasteiger charge is 2.27. The van der Waals surface area contributed by atoms with E-state index in [2.05, 4.69) is 28.0 Å². The number of benzene rings is 1. The van der Waals surface area contributed by atoms with Gasteiger partial charge in [-0.25, -0.2) is 0 Å². The van der Waals surface area contributed by atoms with Crippen LogP contribution in [0.1, 0.15) is 6.42 Å². The number of nitrogens with zero attached hydrogens (tertiary/aromatic N) is 1. The third-order valence-corrected chi connectivity index (χ3v) is 2.91. The van der Waals surface area contributed by atoms with E-state index in [9.17, 15) is 4.79 Å². The highest BCUT2D eigenvalue weighted by molar-refractivity contribution is 14.1. The van der Waals surface area contributed by atoms with Crippen molar-refractivity contribution in [1.82, 2.24) is 5.43 Å². The van der Waals surface area contributed by atoms with Crippen LogP contribution in [0.15, 0.2) is 30.3 Å². The smallest absolute Gasteiger partial charge is 0.241 e. The fraction of sp³-hybridized carbons (Fsp3) is 0.222. The van der Waals surface area contributed by atoms with Crippen LogP contribution in [-0.2, 0) is 4.79 Å². The molecule has 1 N–H and O–H groups in total. The molecular formula is C9H9IN2O. The molecule has 1 atom stereocenters. The molecule has 1 aliphatic heterocycles. The molecule has 1 aliphatic rings. The summed E-state index contributed by atoms with van der Waals surface area (Å²) in [7, 11) is 0. The van der Waals surface area contributed by atoms with Crippen LogP contribution in [0.3, 0.4) is 0 Å². The maximum Gasteiger partial charge on any atom is 0.241 e. The van der Waals surface area contributed by atoms with Gasteiger partial charge >= 0.3 is 0 Å². The van der Waals surface area contributed by atoms with E-state index in [1.807, 2.05) is 35.3 Å². The lowest BCUT2D eigenvalue weighted by Gasteiger charge is -2.20. The van der Waals surface area contributed by atoms with Crippen LogP contribution in [0.5, 0.6) is 0 Å². The van der Waals surface area contributed by atoms with E-state index in [0.717, 1.165) is 5.69 Å². The predicted molar refractivity (Wildman–Crippen MR) is 59.5 cm³/mol. The molecule has 0 aliphatic carbocycles. The highest BCUT2D eigenvalue weighted by atomic mass is 127. The molecule has 1 saturated heterocycles. The molecule has 0 bridgehead atoms. The van der Waals surface area contributed by atoms with Gasteiger partial charge in [-0.1, -0.05) is 40.8 Å². The first kappa shape index (κ1) is 8.80. The Kier molecular flexibility index (Phi) is 2.39. The molecule has 1 fully saturated rings. The van der Waals surface area contributed by atoms with E-state index in [1.54, 1.807) is 0 Å². The quantitative estimate of drug-likeness (QED) is 0.484. The number of halogens is 1. The van der Waals surface area contributed by atoms with Gasteiger partial charge in [0.05, 0.1) is 12.1 Å². The van der Waals surface area contributed by atoms with E-state index < -0.39 is 0 Å². The number of alkyl halides is 1. The van der Waals surface area contributed by atoms with Crippen molar-refractivity contribution in [1.29, 1.82) is 0 Å². The van der Waals surface area contributed by atoms with Crippen molar-refractivity contribution in [2.24, 2.45) is 0 Å². The molecule has 3 nitrogen and oxygen atoms in total. The van der Waals surface area contributed by atoms with E-state index in [1.165, 1.54) is 0 Å². The second-order valence-corrected chi connectivity index (χ2v) is 4.32. The summed E-state index contributed by atoms with van der Waals surface area (Å²) in [5.74, 6) is 0.0863. The standard InChI is InChI=1S/C9H9IN2O/c10-8-6-9(13)11-12(8)7-4-2-1-3-5-7/h1-5,8H,6H2,(H,11,13). The second kappa shape index (κ2) is 3.53. The van der Waals surface area contributed by atoms with Crippen LogP contribution in [0.25, 0.3) is 0 Å². The van der Waals surface area contributed by atoms with E-state index in [4.69, 9.17) is 0 Å². The van der Waals surface area contributed by atoms with Crippen molar-refractivity contribution in [3.63, 3.8) is 0 Å². The Morgan fingerprint density at radius 3 is 2.62 bits per heavy atom. The maximum atomic E-state index is 11.1. The summed E-state index contributed by atoms with van der Waals surface area (Å²) in [6.07, 6.45) is 0.565. The number of carbonyl (C=O) groups excluding carboxylic acids is 1. The SMILES string of the molecule is O=C1CC(I)N(c2ccccc2)N1. The lowest BCUT2D eigenvalue weighted by molar-refractivity contribution is -0.119. The van der Waals surface area contributed by atoms with Crippen molar-refractivity contribution in [3.8, 4) is 0 Å². The van der Waals surface area contributed by atoms with Crippen molar-refractivity contribution in [3.05, 3.63) is 30.3 Å². The summed E-state index contributed by atoms with van der Waals surface area (Å²) >= 11 is 2.26. The average molecular weight is 288 g/mol. The van der Waals surface area contributed by atoms with Gasteiger partial charge in [0, 0.05) is 0 Å². The Labute approximate surface area is 90.2 Å². The molecule has 1 amide bonds. The first-order chi connectivity index (χ1) is 6.27. The molecule has 0 spiro atoms. The zero-order chi connectivity index (χ0) is 9.26. The number of rotatable bonds is 1. The monoisotopic (exact) mass is 288 g/mol. The molecule has 4 heteroatoms. The molecule has 1 heterocycles. The molecule has 2 rings (SSSR count). The summed E-state index contributed by atoms with van der Waals surface area (Å²) in [6, 6.07) is 9.85. The summed E-state index contributed by atoms with van der Waals surface area (Å²) in [4.78, 5) is 11.1. The number of anilines is 1. The Bertz CT molecular complexity index is 315. The third kappa shape index (κ3) is 1.77. The number of carbonyl (C=O) groups is 1. The largest absolute Gasteiger partial charge is 0.273 e. The fourth-order valence-electron chi connectivity index (χ4n) is 1.31. The zero-order valence-electron chi connectivity index (χ0n) is 6.90. The lowest BCUT2D eigenvalue weighted by Crippen LogP contribution is -2.35. The predicted octanol–water partition coefficient (Wildman–Crippen LogP) is 1.69. The van der Waals surface area contributed by atoms with Crippen molar-refractivity contribution >= 4 is 34.2 Å². The zero-order valence-corrected chi connectivity index (χ0v) is 9.06. The number of para-hydroxylation sites is 1. The summed E-state index contributed by atoms with van der Waals surface area (Å²) in [5.41, 5.74) is 3.84. The van der Waals surface area contributed by atoms with Gasteiger partial charge in [0.15, 0.2) is 0 Å². The summed E-state index contributed by atoms with van der Waals surface area (Å²) < 4.78 is 0.215. The van der Waals surface area contributed by atoms with E-state index in [-0.39, 0.29) is 9.96 Å². The van der Waals surface area contributed by atoms with Gasteiger partial charge in [-0.3, -0.25) is 15.2 Å². The topological polar surface area (TPSA) is 32.3 Å². The van der Waals surface area contributed by atoms with E-state index >= 15 is 0 Å². The fourth-order valence-corrected chi connectivity index (χ4v) is 2.17. The molecule has 68 valence electrons. The minimum Gasteiger partial charge on any atom is -0.273 e. The van der Waals surface area contributed by atoms with Gasteiger partial charge in [-0.15, -0.1) is 0 Å². The van der Waals surface area contributed by atoms with Crippen LogP contribution in [0, 0.1) is 0 Å². The number of hydrazine groups is 1. The molecule has 1 aromatic rings. The third-order valence-electron chi connectivity index (χ3n) is 1.91. The molecule has 1 aromatic carbocycles. The Morgan fingerprint density at radius 2 is 2.08 bits per heavy atom. The van der Waals surface area contributed by atoms with Gasteiger partial charge in [-0.05, 0) is 12.1 Å². The average Bonchev–Trinajstić information content (AvgIpc) is 2.47. The van der Waals surface area contributed by atoms with Gasteiger partial charge in [0.2, 0.25) is 5.91 Å². The molecule has 13 heavy (non-hydrogen) atoms. The first-order valence-electron chi connectivity index (χ1n) is 4.05. The second-order valence-electron chi connectivity index (χ2n) is 2.88. The Morgan fingerprint density at radius 1 is 1.38 bits per heavy atom. The van der Waals surface area contributed by atoms with Gasteiger partial charge in [0.1, 0.15) is 4.05 Å². The number of amides is 1. The molecule has 1 unspecified atom stereocenters. The van der Waals surface area contributed by atoms with E-state index in [0.29, 0.717) is 6.42 Å². The van der Waals surface area contributed by atoms with Crippen LogP contribution in [-0.4, -0.2) is 9.96 Å². The molecule has 0 aromatic heterocycles. The number of hydrogen-bond donors (Lipinski definition) is 1. The molecule has 0 saturated carbocycles. The molecular weight excluding hydrogens is 279 g/mol. The lowest BCUT2D eigenvalue weighted by atomic mass is 10.3. The van der Waals surface area contributed by atoms with Crippen molar-refractivity contribution < 1.29 is 4.79 Å². The van der Waals surface area contributed by atoms with Crippen LogP contribution >= 0.6 is 22.6 Å². The highest BCUT2D eigenvalue weighted by Crippen LogP contribution is 2.23. The van der Waals surface area contributed by atoms with Gasteiger partial charge < -0.3 is 0 Å². The number of hydrogen-bond acceptors (Lipinski definition) is 2. The van der Waals surface area contributed by atoms with Gasteiger partial charge in [-0.2, -0.15) is 0 Å². The normalized spacial score (nSPS) is 21.8. The molecule has 0 radical (unpaired) electrons. The van der Waals surface area contributed by atoms with Crippen molar-refractivity contribution in [2.75, 3.05) is 5.01 Å². The van der Waals surface area contributed by atoms with Crippen molar-refractivity contribution in [2.45, 2.75) is 10.5 Å². The van der Waals surface area contributed by atoms with Crippen LogP contribution in [0.4, 0.5) is 5.69 Å². The minimum atomic E-state index is 0.0863.